The summed E-state index contributed by atoms with van der Waals surface area (Å²) in [6, 6.07) is 0. The van der Waals surface area contributed by atoms with Crippen LogP contribution in [0.3, 0.4) is 0 Å². The fraction of sp³-hybridized carbons (Fsp3) is 0.647. The maximum absolute atomic E-state index is 12.2. The summed E-state index contributed by atoms with van der Waals surface area (Å²) < 4.78 is 10.5. The largest absolute Gasteiger partial charge is 0.443 e. The highest BCUT2D eigenvalue weighted by molar-refractivity contribution is 5.88. The number of carbonyl (C=O) groups excluding carboxylic acids is 2. The smallest absolute Gasteiger partial charge is 0.420 e. The average Bonchev–Trinajstić information content (AvgIpc) is 2.28. The molecule has 126 valence electrons. The van der Waals surface area contributed by atoms with E-state index in [1.807, 2.05) is 13.0 Å². The number of allylic oxidation sites excluding steroid dienone is 1. The lowest BCUT2D eigenvalue weighted by atomic mass is 10.2. The Bertz CT molecular complexity index is 411. The molecule has 0 rings (SSSR count). The van der Waals surface area contributed by atoms with E-state index in [1.54, 1.807) is 47.6 Å². The van der Waals surface area contributed by atoms with Crippen molar-refractivity contribution in [1.82, 2.24) is 4.90 Å². The fourth-order valence-electron chi connectivity index (χ4n) is 1.38. The molecule has 0 N–H and O–H groups in total. The summed E-state index contributed by atoms with van der Waals surface area (Å²) in [5.74, 6) is 0. The summed E-state index contributed by atoms with van der Waals surface area (Å²) >= 11 is 0. The van der Waals surface area contributed by atoms with E-state index in [0.29, 0.717) is 5.57 Å². The lowest BCUT2D eigenvalue weighted by Gasteiger charge is -2.28. The lowest BCUT2D eigenvalue weighted by Crippen LogP contribution is -2.44. The van der Waals surface area contributed by atoms with Crippen LogP contribution in [0.5, 0.6) is 0 Å². The molecule has 2 amide bonds. The molecule has 0 saturated carbocycles. The zero-order chi connectivity index (χ0) is 17.6. The highest BCUT2D eigenvalue weighted by atomic mass is 16.6. The number of hydrogen-bond donors (Lipinski definition) is 0. The Hall–Kier alpha value is -1.78. The van der Waals surface area contributed by atoms with E-state index >= 15 is 0 Å². The molecule has 0 saturated heterocycles. The third kappa shape index (κ3) is 9.21. The van der Waals surface area contributed by atoms with Crippen LogP contribution in [0.25, 0.3) is 0 Å². The molecule has 22 heavy (non-hydrogen) atoms. The van der Waals surface area contributed by atoms with Crippen LogP contribution in [0.4, 0.5) is 9.59 Å². The molecule has 0 bridgehead atoms. The molecule has 0 heterocycles. The third-order valence-corrected chi connectivity index (χ3v) is 2.18. The minimum Gasteiger partial charge on any atom is -0.443 e. The van der Waals surface area contributed by atoms with E-state index in [1.165, 1.54) is 0 Å². The van der Waals surface area contributed by atoms with Crippen LogP contribution < -0.4 is 0 Å². The van der Waals surface area contributed by atoms with Gasteiger partial charge in [-0.15, -0.1) is 0 Å². The van der Waals surface area contributed by atoms with Gasteiger partial charge in [0.05, 0.1) is 6.54 Å². The molecule has 0 aromatic heterocycles. The predicted octanol–water partition coefficient (Wildman–Crippen LogP) is 4.68. The van der Waals surface area contributed by atoms with Gasteiger partial charge in [-0.1, -0.05) is 25.7 Å². The summed E-state index contributed by atoms with van der Waals surface area (Å²) in [5.41, 5.74) is -0.769. The van der Waals surface area contributed by atoms with E-state index < -0.39 is 23.4 Å². The first-order valence-corrected chi connectivity index (χ1v) is 7.43. The summed E-state index contributed by atoms with van der Waals surface area (Å²) in [7, 11) is 0. The molecule has 0 atom stereocenters. The molecule has 0 aliphatic carbocycles. The summed E-state index contributed by atoms with van der Waals surface area (Å²) in [6.45, 7) is 16.3. The van der Waals surface area contributed by atoms with Gasteiger partial charge in [-0.25, -0.2) is 14.5 Å². The van der Waals surface area contributed by atoms with Crippen molar-refractivity contribution >= 4 is 12.2 Å². The van der Waals surface area contributed by atoms with E-state index in [4.69, 9.17) is 9.47 Å². The first-order chi connectivity index (χ1) is 9.85. The number of imide groups is 1. The molecule has 0 radical (unpaired) electrons. The van der Waals surface area contributed by atoms with Crippen LogP contribution in [0.1, 0.15) is 54.9 Å². The zero-order valence-corrected chi connectivity index (χ0v) is 14.9. The Balaban J connectivity index is 5.14. The van der Waals surface area contributed by atoms with Crippen LogP contribution >= 0.6 is 0 Å². The Labute approximate surface area is 134 Å². The van der Waals surface area contributed by atoms with Crippen LogP contribution in [0, 0.1) is 0 Å². The molecule has 0 aliphatic heterocycles. The first-order valence-electron chi connectivity index (χ1n) is 7.43. The maximum Gasteiger partial charge on any atom is 0.420 e. The van der Waals surface area contributed by atoms with Gasteiger partial charge in [0.2, 0.25) is 0 Å². The fourth-order valence-corrected chi connectivity index (χ4v) is 1.38. The highest BCUT2D eigenvalue weighted by Crippen LogP contribution is 2.15. The maximum atomic E-state index is 12.2. The molecule has 0 aromatic rings. The second-order valence-corrected chi connectivity index (χ2v) is 7.02. The van der Waals surface area contributed by atoms with Crippen molar-refractivity contribution in [1.29, 1.82) is 0 Å². The summed E-state index contributed by atoms with van der Waals surface area (Å²) in [4.78, 5) is 25.4. The van der Waals surface area contributed by atoms with Crippen molar-refractivity contribution in [2.24, 2.45) is 0 Å². The van der Waals surface area contributed by atoms with Crippen molar-refractivity contribution in [3.63, 3.8) is 0 Å². The standard InChI is InChI=1S/C17H29NO4/c1-9-10-11-13(2)12-18(14(19)21-16(3,4)5)15(20)22-17(6,7)8/h10-11H,2,9,12H2,1,3-8H3/b11-10-. The lowest BCUT2D eigenvalue weighted by molar-refractivity contribution is 0.00340. The molecule has 0 fully saturated rings. The van der Waals surface area contributed by atoms with Crippen molar-refractivity contribution in [3.05, 3.63) is 24.3 Å². The molecule has 5 nitrogen and oxygen atoms in total. The second kappa shape index (κ2) is 8.01. The first kappa shape index (κ1) is 20.2. The molecule has 0 unspecified atom stereocenters. The van der Waals surface area contributed by atoms with Crippen molar-refractivity contribution < 1.29 is 19.1 Å². The quantitative estimate of drug-likeness (QED) is 0.707. The normalized spacial score (nSPS) is 12.1. The molecular weight excluding hydrogens is 282 g/mol. The van der Waals surface area contributed by atoms with Gasteiger partial charge < -0.3 is 9.47 Å². The van der Waals surface area contributed by atoms with Gasteiger partial charge in [-0.05, 0) is 53.5 Å². The van der Waals surface area contributed by atoms with E-state index in [0.717, 1.165) is 11.3 Å². The monoisotopic (exact) mass is 311 g/mol. The van der Waals surface area contributed by atoms with Gasteiger partial charge >= 0.3 is 12.2 Å². The number of hydrogen-bond acceptors (Lipinski definition) is 4. The summed E-state index contributed by atoms with van der Waals surface area (Å²) in [5, 5.41) is 0. The van der Waals surface area contributed by atoms with Gasteiger partial charge in [-0.3, -0.25) is 0 Å². The Kier molecular flexibility index (Phi) is 7.36. The zero-order valence-electron chi connectivity index (χ0n) is 14.9. The van der Waals surface area contributed by atoms with Crippen molar-refractivity contribution in [2.75, 3.05) is 6.54 Å². The highest BCUT2D eigenvalue weighted by Gasteiger charge is 2.31. The molecule has 0 aliphatic rings. The van der Waals surface area contributed by atoms with Crippen LogP contribution in [0.15, 0.2) is 24.3 Å². The van der Waals surface area contributed by atoms with Crippen LogP contribution in [0.2, 0.25) is 0 Å². The molecule has 0 spiro atoms. The van der Waals surface area contributed by atoms with E-state index in [9.17, 15) is 9.59 Å². The number of carbonyl (C=O) groups is 2. The van der Waals surface area contributed by atoms with Crippen LogP contribution in [-0.4, -0.2) is 34.8 Å². The number of nitrogens with zero attached hydrogens (tertiary/aromatic N) is 1. The number of ether oxygens (including phenoxy) is 2. The van der Waals surface area contributed by atoms with Gasteiger partial charge in [-0.2, -0.15) is 0 Å². The minimum absolute atomic E-state index is 0.0281. The van der Waals surface area contributed by atoms with Crippen molar-refractivity contribution in [3.8, 4) is 0 Å². The topological polar surface area (TPSA) is 55.8 Å². The van der Waals surface area contributed by atoms with Crippen LogP contribution in [-0.2, 0) is 9.47 Å². The number of amides is 2. The van der Waals surface area contributed by atoms with Gasteiger partial charge in [0, 0.05) is 0 Å². The summed E-state index contributed by atoms with van der Waals surface area (Å²) in [6.07, 6.45) is 3.05. The van der Waals surface area contributed by atoms with Crippen molar-refractivity contribution in [2.45, 2.75) is 66.1 Å². The van der Waals surface area contributed by atoms with E-state index in [-0.39, 0.29) is 6.54 Å². The Morgan fingerprint density at radius 1 is 1.00 bits per heavy atom. The Morgan fingerprint density at radius 3 is 1.73 bits per heavy atom. The van der Waals surface area contributed by atoms with Gasteiger partial charge in [0.25, 0.3) is 0 Å². The van der Waals surface area contributed by atoms with Gasteiger partial charge in [0.1, 0.15) is 11.2 Å². The second-order valence-electron chi connectivity index (χ2n) is 7.02. The average molecular weight is 311 g/mol. The minimum atomic E-state index is -0.743. The Morgan fingerprint density at radius 2 is 1.41 bits per heavy atom. The SMILES string of the molecule is C=C(/C=C\CC)CN(C(=O)OC(C)(C)C)C(=O)OC(C)(C)C. The number of rotatable bonds is 4. The third-order valence-electron chi connectivity index (χ3n) is 2.18. The molecule has 0 aromatic carbocycles. The molecule has 5 heteroatoms. The predicted molar refractivity (Wildman–Crippen MR) is 87.7 cm³/mol. The van der Waals surface area contributed by atoms with Gasteiger partial charge in [0.15, 0.2) is 0 Å². The molecular formula is C17H29NO4. The van der Waals surface area contributed by atoms with E-state index in [2.05, 4.69) is 6.58 Å².